The van der Waals surface area contributed by atoms with Crippen molar-refractivity contribution in [2.45, 2.75) is 33.0 Å². The molecule has 0 spiro atoms. The molecule has 0 bridgehead atoms. The fourth-order valence-corrected chi connectivity index (χ4v) is 4.21. The first-order valence-electron chi connectivity index (χ1n) is 9.73. The normalized spacial score (nSPS) is 21.1. The summed E-state index contributed by atoms with van der Waals surface area (Å²) in [6.45, 7) is 8.64. The number of hydrogen-bond donors (Lipinski definition) is 1. The minimum Gasteiger partial charge on any atom is -0.465 e. The number of benzene rings is 2. The summed E-state index contributed by atoms with van der Waals surface area (Å²) in [6, 6.07) is 18.8. The van der Waals surface area contributed by atoms with E-state index in [0.29, 0.717) is 23.4 Å². The molecule has 1 N–H and O–H groups in total. The van der Waals surface area contributed by atoms with E-state index >= 15 is 0 Å². The molecule has 27 heavy (non-hydrogen) atoms. The molecule has 1 fully saturated rings. The van der Waals surface area contributed by atoms with Gasteiger partial charge in [-0.1, -0.05) is 56.3 Å². The van der Waals surface area contributed by atoms with Crippen molar-refractivity contribution in [3.63, 3.8) is 0 Å². The summed E-state index contributed by atoms with van der Waals surface area (Å²) < 4.78 is 4.82. The van der Waals surface area contributed by atoms with Gasteiger partial charge in [-0.3, -0.25) is 4.90 Å². The minimum absolute atomic E-state index is 0.284. The lowest BCUT2D eigenvalue weighted by molar-refractivity contribution is 0.0600. The molecule has 3 rings (SSSR count). The van der Waals surface area contributed by atoms with Crippen molar-refractivity contribution in [2.24, 2.45) is 11.8 Å². The predicted octanol–water partition coefficient (Wildman–Crippen LogP) is 3.72. The zero-order valence-corrected chi connectivity index (χ0v) is 16.5. The van der Waals surface area contributed by atoms with Gasteiger partial charge in [-0.15, -0.1) is 0 Å². The molecule has 144 valence electrons. The number of carbonyl (C=O) groups excluding carboxylic acids is 1. The average molecular weight is 367 g/mol. The molecule has 1 aliphatic rings. The number of esters is 1. The monoisotopic (exact) mass is 366 g/mol. The molecular formula is C23H30N2O2. The molecule has 4 nitrogen and oxygen atoms in total. The SMILES string of the molecule is COC(=O)c1cccc(CNC2[C@@H](C)CN(Cc3ccccc3)C[C@@H]2C)c1. The fraction of sp³-hybridized carbons (Fsp3) is 0.435. The van der Waals surface area contributed by atoms with Crippen molar-refractivity contribution in [3.8, 4) is 0 Å². The number of methoxy groups -OCH3 is 1. The molecule has 0 amide bonds. The first kappa shape index (κ1) is 19.6. The first-order valence-corrected chi connectivity index (χ1v) is 9.73. The second-order valence-electron chi connectivity index (χ2n) is 7.73. The van der Waals surface area contributed by atoms with Gasteiger partial charge in [-0.25, -0.2) is 4.79 Å². The summed E-state index contributed by atoms with van der Waals surface area (Å²) in [4.78, 5) is 14.3. The third-order valence-corrected chi connectivity index (χ3v) is 5.46. The van der Waals surface area contributed by atoms with E-state index in [2.05, 4.69) is 60.5 Å². The third kappa shape index (κ3) is 5.18. The Balaban J connectivity index is 1.56. The van der Waals surface area contributed by atoms with Gasteiger partial charge in [-0.05, 0) is 35.1 Å². The molecule has 2 aromatic rings. The number of nitrogens with one attached hydrogen (secondary N) is 1. The van der Waals surface area contributed by atoms with Crippen molar-refractivity contribution in [3.05, 3.63) is 71.3 Å². The zero-order chi connectivity index (χ0) is 19.2. The lowest BCUT2D eigenvalue weighted by Crippen LogP contribution is -2.52. The predicted molar refractivity (Wildman–Crippen MR) is 108 cm³/mol. The topological polar surface area (TPSA) is 41.6 Å². The molecule has 0 aromatic heterocycles. The van der Waals surface area contributed by atoms with Gasteiger partial charge in [0.05, 0.1) is 12.7 Å². The standard InChI is InChI=1S/C23H30N2O2/c1-17-14-25(16-19-8-5-4-6-9-19)15-18(2)22(17)24-13-20-10-7-11-21(12-20)23(26)27-3/h4-12,17-18,22,24H,13-16H2,1-3H3/t17-,18-/m0/s1. The van der Waals surface area contributed by atoms with Crippen molar-refractivity contribution in [1.29, 1.82) is 0 Å². The van der Waals surface area contributed by atoms with Crippen molar-refractivity contribution < 1.29 is 9.53 Å². The molecule has 4 heteroatoms. The number of carbonyl (C=O) groups is 1. The summed E-state index contributed by atoms with van der Waals surface area (Å²) in [6.07, 6.45) is 0. The Morgan fingerprint density at radius 1 is 1.04 bits per heavy atom. The molecule has 0 aliphatic carbocycles. The highest BCUT2D eigenvalue weighted by atomic mass is 16.5. The lowest BCUT2D eigenvalue weighted by Gasteiger charge is -2.42. The van der Waals surface area contributed by atoms with E-state index in [4.69, 9.17) is 4.74 Å². The van der Waals surface area contributed by atoms with Gasteiger partial charge in [0.2, 0.25) is 0 Å². The van der Waals surface area contributed by atoms with Crippen LogP contribution in [0.4, 0.5) is 0 Å². The first-order chi connectivity index (χ1) is 13.1. The average Bonchev–Trinajstić information content (AvgIpc) is 2.67. The highest BCUT2D eigenvalue weighted by Crippen LogP contribution is 2.24. The number of hydrogen-bond acceptors (Lipinski definition) is 4. The van der Waals surface area contributed by atoms with E-state index in [0.717, 1.165) is 31.7 Å². The van der Waals surface area contributed by atoms with Gasteiger partial charge >= 0.3 is 5.97 Å². The zero-order valence-electron chi connectivity index (χ0n) is 16.5. The van der Waals surface area contributed by atoms with Gasteiger partial charge in [0.15, 0.2) is 0 Å². The minimum atomic E-state index is -0.284. The van der Waals surface area contributed by atoms with Crippen molar-refractivity contribution in [2.75, 3.05) is 20.2 Å². The molecule has 1 aliphatic heterocycles. The Labute approximate surface area is 162 Å². The Bertz CT molecular complexity index is 735. The molecule has 0 radical (unpaired) electrons. The smallest absolute Gasteiger partial charge is 0.337 e. The fourth-order valence-electron chi connectivity index (χ4n) is 4.21. The van der Waals surface area contributed by atoms with E-state index in [1.165, 1.54) is 12.7 Å². The molecule has 1 saturated heterocycles. The molecule has 0 unspecified atom stereocenters. The van der Waals surface area contributed by atoms with Gasteiger partial charge in [0.1, 0.15) is 0 Å². The lowest BCUT2D eigenvalue weighted by atomic mass is 9.85. The van der Waals surface area contributed by atoms with Crippen LogP contribution in [0.25, 0.3) is 0 Å². The van der Waals surface area contributed by atoms with E-state index in [-0.39, 0.29) is 5.97 Å². The molecule has 0 saturated carbocycles. The third-order valence-electron chi connectivity index (χ3n) is 5.46. The summed E-state index contributed by atoms with van der Waals surface area (Å²) in [5, 5.41) is 3.73. The van der Waals surface area contributed by atoms with Crippen LogP contribution < -0.4 is 5.32 Å². The van der Waals surface area contributed by atoms with Gasteiger partial charge < -0.3 is 10.1 Å². The Morgan fingerprint density at radius 2 is 1.70 bits per heavy atom. The van der Waals surface area contributed by atoms with Crippen LogP contribution in [0.3, 0.4) is 0 Å². The second kappa shape index (κ2) is 9.16. The Hall–Kier alpha value is -2.17. The van der Waals surface area contributed by atoms with Crippen LogP contribution in [0.1, 0.15) is 35.3 Å². The van der Waals surface area contributed by atoms with Gasteiger partial charge in [0, 0.05) is 32.2 Å². The van der Waals surface area contributed by atoms with Crippen LogP contribution in [0.5, 0.6) is 0 Å². The van der Waals surface area contributed by atoms with Crippen LogP contribution in [0, 0.1) is 11.8 Å². The Kier molecular flexibility index (Phi) is 6.64. The number of ether oxygens (including phenoxy) is 1. The van der Waals surface area contributed by atoms with E-state index in [1.54, 1.807) is 6.07 Å². The summed E-state index contributed by atoms with van der Waals surface area (Å²) in [5.74, 6) is 0.857. The van der Waals surface area contributed by atoms with E-state index < -0.39 is 0 Å². The number of piperidine rings is 1. The summed E-state index contributed by atoms with van der Waals surface area (Å²) in [7, 11) is 1.42. The van der Waals surface area contributed by atoms with E-state index in [1.807, 2.05) is 12.1 Å². The number of rotatable bonds is 6. The van der Waals surface area contributed by atoms with Crippen LogP contribution in [0.15, 0.2) is 54.6 Å². The van der Waals surface area contributed by atoms with Crippen molar-refractivity contribution >= 4 is 5.97 Å². The summed E-state index contributed by atoms with van der Waals surface area (Å²) >= 11 is 0. The molecule has 2 atom stereocenters. The van der Waals surface area contributed by atoms with Crippen LogP contribution in [-0.4, -0.2) is 37.1 Å². The highest BCUT2D eigenvalue weighted by Gasteiger charge is 2.31. The van der Waals surface area contributed by atoms with Crippen molar-refractivity contribution in [1.82, 2.24) is 10.2 Å². The number of likely N-dealkylation sites (tertiary alicyclic amines) is 1. The maximum Gasteiger partial charge on any atom is 0.337 e. The van der Waals surface area contributed by atoms with Gasteiger partial charge in [0.25, 0.3) is 0 Å². The molecule has 2 aromatic carbocycles. The second-order valence-corrected chi connectivity index (χ2v) is 7.73. The van der Waals surface area contributed by atoms with Gasteiger partial charge in [-0.2, -0.15) is 0 Å². The maximum atomic E-state index is 11.7. The number of nitrogens with zero attached hydrogens (tertiary/aromatic N) is 1. The van der Waals surface area contributed by atoms with Crippen LogP contribution >= 0.6 is 0 Å². The quantitative estimate of drug-likeness (QED) is 0.791. The Morgan fingerprint density at radius 3 is 2.37 bits per heavy atom. The maximum absolute atomic E-state index is 11.7. The van der Waals surface area contributed by atoms with Crippen LogP contribution in [0.2, 0.25) is 0 Å². The van der Waals surface area contributed by atoms with E-state index in [9.17, 15) is 4.79 Å². The largest absolute Gasteiger partial charge is 0.465 e. The molecular weight excluding hydrogens is 336 g/mol. The summed E-state index contributed by atoms with van der Waals surface area (Å²) in [5.41, 5.74) is 3.10. The molecule has 1 heterocycles. The van der Waals surface area contributed by atoms with Crippen LogP contribution in [-0.2, 0) is 17.8 Å². The highest BCUT2D eigenvalue weighted by molar-refractivity contribution is 5.89.